The van der Waals surface area contributed by atoms with Gasteiger partial charge in [0.15, 0.2) is 0 Å². The summed E-state index contributed by atoms with van der Waals surface area (Å²) in [6.07, 6.45) is 0. The van der Waals surface area contributed by atoms with E-state index >= 15 is 0 Å². The molecule has 0 aliphatic carbocycles. The standard InChI is InChI=1S/4Al.6ClH.3O/h;;;;6*1H;;;/q4*+3;;;;;;;3*-2. The Morgan fingerprint density at radius 3 is 0.231 bits per heavy atom. The molecule has 0 aromatic carbocycles. The molecule has 0 aliphatic rings. The van der Waals surface area contributed by atoms with Crippen molar-refractivity contribution in [2.75, 3.05) is 0 Å². The van der Waals surface area contributed by atoms with Gasteiger partial charge in [0.25, 0.3) is 0 Å². The van der Waals surface area contributed by atoms with Crippen molar-refractivity contribution in [3.05, 3.63) is 0 Å². The van der Waals surface area contributed by atoms with Gasteiger partial charge in [-0.15, -0.1) is 74.4 Å². The van der Waals surface area contributed by atoms with Crippen molar-refractivity contribution in [1.82, 2.24) is 0 Å². The third-order valence-corrected chi connectivity index (χ3v) is 0. The van der Waals surface area contributed by atoms with E-state index in [0.29, 0.717) is 0 Å². The van der Waals surface area contributed by atoms with Crippen LogP contribution in [-0.2, 0) is 16.4 Å². The molecule has 0 aliphatic heterocycles. The Kier molecular flexibility index (Phi) is 5540. The third kappa shape index (κ3) is 212. The van der Waals surface area contributed by atoms with Gasteiger partial charge >= 0.3 is 69.4 Å². The molecular weight excluding hydrogens is 369 g/mol. The zero-order valence-corrected chi connectivity index (χ0v) is 15.5. The molecule has 0 N–H and O–H groups in total. The molecule has 0 fully saturated rings. The van der Waals surface area contributed by atoms with Crippen molar-refractivity contribution in [3.63, 3.8) is 0 Å². The Morgan fingerprint density at radius 1 is 0.231 bits per heavy atom. The van der Waals surface area contributed by atoms with Crippen LogP contribution in [0.25, 0.3) is 0 Å². The van der Waals surface area contributed by atoms with E-state index in [9.17, 15) is 0 Å². The van der Waals surface area contributed by atoms with Crippen molar-refractivity contribution in [3.8, 4) is 0 Å². The number of hydrogen-bond donors (Lipinski definition) is 0. The summed E-state index contributed by atoms with van der Waals surface area (Å²) >= 11 is 0. The average Bonchev–Trinajstić information content (AvgIpc) is 0. The molecule has 0 radical (unpaired) electrons. The van der Waals surface area contributed by atoms with Gasteiger partial charge < -0.3 is 16.4 Å². The van der Waals surface area contributed by atoms with Gasteiger partial charge in [-0.3, -0.25) is 0 Å². The Balaban J connectivity index is 0. The quantitative estimate of drug-likeness (QED) is 0.558. The second-order valence-corrected chi connectivity index (χ2v) is 0. The van der Waals surface area contributed by atoms with Crippen LogP contribution in [0.2, 0.25) is 0 Å². The van der Waals surface area contributed by atoms with Crippen LogP contribution in [0.15, 0.2) is 0 Å². The second kappa shape index (κ2) is 244. The fraction of sp³-hybridized carbons (Fsp3) is 0. The van der Waals surface area contributed by atoms with Crippen LogP contribution < -0.4 is 0 Å². The zero-order valence-electron chi connectivity index (χ0n) is 5.98. The number of halogens is 6. The van der Waals surface area contributed by atoms with Gasteiger partial charge in [-0.05, 0) is 0 Å². The van der Waals surface area contributed by atoms with E-state index in [1.807, 2.05) is 0 Å². The molecular formula is H6Al4Cl6O3+6. The van der Waals surface area contributed by atoms with Crippen LogP contribution in [-0.4, -0.2) is 69.4 Å². The fourth-order valence-electron chi connectivity index (χ4n) is 0. The topological polar surface area (TPSA) is 85.5 Å². The van der Waals surface area contributed by atoms with E-state index in [4.69, 9.17) is 0 Å². The summed E-state index contributed by atoms with van der Waals surface area (Å²) in [5.41, 5.74) is 0. The molecule has 0 atom stereocenters. The van der Waals surface area contributed by atoms with Crippen molar-refractivity contribution in [1.29, 1.82) is 0 Å². The molecule has 13 heavy (non-hydrogen) atoms. The molecule has 0 aromatic rings. The summed E-state index contributed by atoms with van der Waals surface area (Å²) in [4.78, 5) is 0. The molecule has 0 amide bonds. The van der Waals surface area contributed by atoms with Crippen molar-refractivity contribution < 1.29 is 16.4 Å². The Morgan fingerprint density at radius 2 is 0.231 bits per heavy atom. The van der Waals surface area contributed by atoms with Crippen LogP contribution in [0.3, 0.4) is 0 Å². The Hall–Kier alpha value is 3.75. The van der Waals surface area contributed by atoms with E-state index < -0.39 is 0 Å². The molecule has 0 aromatic heterocycles. The summed E-state index contributed by atoms with van der Waals surface area (Å²) in [5, 5.41) is 0. The first-order chi connectivity index (χ1) is 0. The third-order valence-electron chi connectivity index (χ3n) is 0. The fourth-order valence-corrected chi connectivity index (χ4v) is 0. The van der Waals surface area contributed by atoms with Gasteiger partial charge in [-0.1, -0.05) is 0 Å². The van der Waals surface area contributed by atoms with E-state index in [-0.39, 0.29) is 160 Å². The Bertz CT molecular complexity index is 19.8. The van der Waals surface area contributed by atoms with Crippen LogP contribution in [0.4, 0.5) is 0 Å². The van der Waals surface area contributed by atoms with E-state index in [0.717, 1.165) is 0 Å². The second-order valence-electron chi connectivity index (χ2n) is 0. The van der Waals surface area contributed by atoms with Gasteiger partial charge in [0, 0.05) is 0 Å². The molecule has 0 unspecified atom stereocenters. The average molecular weight is 375 g/mol. The molecule has 0 saturated carbocycles. The van der Waals surface area contributed by atoms with Crippen molar-refractivity contribution >= 4 is 144 Å². The molecule has 3 nitrogen and oxygen atoms in total. The minimum atomic E-state index is 0. The normalized spacial score (nSPS) is 0. The minimum absolute atomic E-state index is 0. The molecule has 0 bridgehead atoms. The molecule has 72 valence electrons. The Labute approximate surface area is 158 Å². The summed E-state index contributed by atoms with van der Waals surface area (Å²) in [5.74, 6) is 0. The van der Waals surface area contributed by atoms with Gasteiger partial charge in [0.2, 0.25) is 0 Å². The number of rotatable bonds is 0. The molecule has 13 heteroatoms. The van der Waals surface area contributed by atoms with Crippen LogP contribution in [0.1, 0.15) is 0 Å². The smallest absolute Gasteiger partial charge is 2.00 e. The maximum atomic E-state index is 0. The summed E-state index contributed by atoms with van der Waals surface area (Å²) in [6, 6.07) is 0. The molecule has 0 saturated heterocycles. The van der Waals surface area contributed by atoms with Crippen LogP contribution in [0, 0.1) is 0 Å². The maximum absolute atomic E-state index is 0. The van der Waals surface area contributed by atoms with Gasteiger partial charge in [-0.25, -0.2) is 0 Å². The van der Waals surface area contributed by atoms with Gasteiger partial charge in [0.1, 0.15) is 0 Å². The minimum Gasteiger partial charge on any atom is -2.00 e. The van der Waals surface area contributed by atoms with E-state index in [1.165, 1.54) is 0 Å². The summed E-state index contributed by atoms with van der Waals surface area (Å²) < 4.78 is 0. The van der Waals surface area contributed by atoms with Crippen molar-refractivity contribution in [2.24, 2.45) is 0 Å². The molecule has 0 heterocycles. The van der Waals surface area contributed by atoms with Crippen LogP contribution >= 0.6 is 74.4 Å². The maximum Gasteiger partial charge on any atom is 3.00 e. The predicted octanol–water partition coefficient (Wildman–Crippen LogP) is 0.651. The molecule has 0 spiro atoms. The first-order valence-electron chi connectivity index (χ1n) is 0. The van der Waals surface area contributed by atoms with E-state index in [1.54, 1.807) is 0 Å². The summed E-state index contributed by atoms with van der Waals surface area (Å²) in [6.45, 7) is 0. The van der Waals surface area contributed by atoms with Gasteiger partial charge in [-0.2, -0.15) is 0 Å². The van der Waals surface area contributed by atoms with E-state index in [2.05, 4.69) is 0 Å². The largest absolute Gasteiger partial charge is 3.00 e. The zero-order chi connectivity index (χ0) is 0. The monoisotopic (exact) mass is 372 g/mol. The number of hydrogen-bond acceptors (Lipinski definition) is 0. The van der Waals surface area contributed by atoms with Gasteiger partial charge in [0.05, 0.1) is 0 Å². The first-order valence-corrected chi connectivity index (χ1v) is 0. The SMILES string of the molecule is Cl.Cl.Cl.Cl.Cl.Cl.[Al+3].[Al+3].[Al+3].[Al+3].[O-2].[O-2].[O-2]. The van der Waals surface area contributed by atoms with Crippen molar-refractivity contribution in [2.45, 2.75) is 0 Å². The molecule has 0 rings (SSSR count). The summed E-state index contributed by atoms with van der Waals surface area (Å²) in [7, 11) is 0. The first kappa shape index (κ1) is 295. The van der Waals surface area contributed by atoms with Crippen LogP contribution in [0.5, 0.6) is 0 Å². The predicted molar refractivity (Wildman–Crippen MR) is 68.6 cm³/mol.